The summed E-state index contributed by atoms with van der Waals surface area (Å²) in [5.74, 6) is -0.144. The maximum Gasteiger partial charge on any atom is 0.236 e. The number of hydrogen-bond acceptors (Lipinski definition) is 3. The molecule has 0 aromatic rings. The van der Waals surface area contributed by atoms with Gasteiger partial charge in [-0.25, -0.2) is 8.42 Å². The van der Waals surface area contributed by atoms with Gasteiger partial charge in [0.1, 0.15) is 0 Å². The average Bonchev–Trinajstić information content (AvgIpc) is 2.02. The van der Waals surface area contributed by atoms with Crippen LogP contribution in [-0.2, 0) is 13.8 Å². The molecule has 0 aromatic heterocycles. The Bertz CT molecular complexity index is 291. The summed E-state index contributed by atoms with van der Waals surface area (Å²) in [4.78, 5) is 0. The predicted octanol–water partition coefficient (Wildman–Crippen LogP) is 2.07. The molecule has 1 unspecified atom stereocenters. The standard InChI is InChI=1S/C9H15ClO3S/c1-8(7-14(10,11)12)6-9-4-2-3-5-13-9/h9H,1-7H2. The molecule has 14 heavy (non-hydrogen) atoms. The molecule has 3 nitrogen and oxygen atoms in total. The van der Waals surface area contributed by atoms with E-state index in [9.17, 15) is 8.42 Å². The molecule has 1 rings (SSSR count). The molecule has 5 heteroatoms. The van der Waals surface area contributed by atoms with Gasteiger partial charge in [0.2, 0.25) is 9.05 Å². The Balaban J connectivity index is 2.32. The maximum absolute atomic E-state index is 10.7. The third kappa shape index (κ3) is 4.98. The summed E-state index contributed by atoms with van der Waals surface area (Å²) < 4.78 is 27.0. The Kier molecular flexibility index (Phi) is 4.41. The maximum atomic E-state index is 10.7. The van der Waals surface area contributed by atoms with Crippen LogP contribution in [0.4, 0.5) is 0 Å². The van der Waals surface area contributed by atoms with Crippen molar-refractivity contribution in [1.82, 2.24) is 0 Å². The highest BCUT2D eigenvalue weighted by molar-refractivity contribution is 8.13. The summed E-state index contributed by atoms with van der Waals surface area (Å²) in [6, 6.07) is 0. The minimum absolute atomic E-state index is 0.134. The molecule has 0 bridgehead atoms. The molecule has 0 spiro atoms. The van der Waals surface area contributed by atoms with Crippen molar-refractivity contribution in [1.29, 1.82) is 0 Å². The van der Waals surface area contributed by atoms with E-state index in [4.69, 9.17) is 15.4 Å². The first-order valence-electron chi connectivity index (χ1n) is 4.68. The van der Waals surface area contributed by atoms with Crippen LogP contribution < -0.4 is 0 Å². The molecule has 0 amide bonds. The zero-order valence-electron chi connectivity index (χ0n) is 8.04. The smallest absolute Gasteiger partial charge is 0.236 e. The van der Waals surface area contributed by atoms with Gasteiger partial charge in [-0.3, -0.25) is 0 Å². The topological polar surface area (TPSA) is 43.4 Å². The normalized spacial score (nSPS) is 23.4. The Hall–Kier alpha value is -0.0600. The number of ether oxygens (including phenoxy) is 1. The van der Waals surface area contributed by atoms with Crippen LogP contribution in [0.5, 0.6) is 0 Å². The van der Waals surface area contributed by atoms with Crippen molar-refractivity contribution in [3.8, 4) is 0 Å². The van der Waals surface area contributed by atoms with Crippen LogP contribution in [0.1, 0.15) is 25.7 Å². The first-order chi connectivity index (χ1) is 6.47. The fourth-order valence-electron chi connectivity index (χ4n) is 1.59. The van der Waals surface area contributed by atoms with Crippen molar-refractivity contribution < 1.29 is 13.2 Å². The first kappa shape index (κ1) is 12.0. The number of hydrogen-bond donors (Lipinski definition) is 0. The van der Waals surface area contributed by atoms with Crippen LogP contribution in [0.3, 0.4) is 0 Å². The van der Waals surface area contributed by atoms with Crippen LogP contribution in [-0.4, -0.2) is 26.9 Å². The van der Waals surface area contributed by atoms with Crippen LogP contribution in [0.2, 0.25) is 0 Å². The molecular weight excluding hydrogens is 224 g/mol. The molecule has 0 saturated carbocycles. The highest BCUT2D eigenvalue weighted by atomic mass is 35.7. The summed E-state index contributed by atoms with van der Waals surface area (Å²) in [5, 5.41) is 0. The second-order valence-electron chi connectivity index (χ2n) is 3.63. The molecule has 0 aliphatic carbocycles. The zero-order chi connectivity index (χ0) is 10.6. The second kappa shape index (κ2) is 5.14. The van der Waals surface area contributed by atoms with E-state index >= 15 is 0 Å². The van der Waals surface area contributed by atoms with Gasteiger partial charge in [-0.2, -0.15) is 0 Å². The minimum atomic E-state index is -3.46. The van der Waals surface area contributed by atoms with E-state index in [1.165, 1.54) is 0 Å². The van der Waals surface area contributed by atoms with Crippen molar-refractivity contribution in [2.75, 3.05) is 12.4 Å². The Morgan fingerprint density at radius 3 is 2.71 bits per heavy atom. The van der Waals surface area contributed by atoms with E-state index in [0.717, 1.165) is 25.9 Å². The highest BCUT2D eigenvalue weighted by Gasteiger charge is 2.17. The van der Waals surface area contributed by atoms with E-state index in [2.05, 4.69) is 6.58 Å². The fourth-order valence-corrected chi connectivity index (χ4v) is 2.66. The van der Waals surface area contributed by atoms with E-state index in [1.54, 1.807) is 0 Å². The molecule has 1 fully saturated rings. The van der Waals surface area contributed by atoms with Gasteiger partial charge in [-0.1, -0.05) is 12.2 Å². The summed E-state index contributed by atoms with van der Waals surface area (Å²) in [7, 11) is 1.66. The Morgan fingerprint density at radius 1 is 1.50 bits per heavy atom. The van der Waals surface area contributed by atoms with E-state index < -0.39 is 9.05 Å². The minimum Gasteiger partial charge on any atom is -0.378 e. The largest absolute Gasteiger partial charge is 0.378 e. The van der Waals surface area contributed by atoms with Crippen LogP contribution in [0, 0.1) is 0 Å². The molecule has 0 aromatic carbocycles. The van der Waals surface area contributed by atoms with Gasteiger partial charge in [-0.15, -0.1) is 0 Å². The van der Waals surface area contributed by atoms with E-state index in [1.807, 2.05) is 0 Å². The summed E-state index contributed by atoms with van der Waals surface area (Å²) >= 11 is 0. The average molecular weight is 239 g/mol. The monoisotopic (exact) mass is 238 g/mol. The van der Waals surface area contributed by atoms with Gasteiger partial charge in [0, 0.05) is 17.3 Å². The van der Waals surface area contributed by atoms with Crippen molar-refractivity contribution in [2.24, 2.45) is 0 Å². The zero-order valence-corrected chi connectivity index (χ0v) is 9.61. The second-order valence-corrected chi connectivity index (χ2v) is 6.40. The lowest BCUT2D eigenvalue weighted by molar-refractivity contribution is 0.0170. The molecule has 82 valence electrons. The molecule has 1 heterocycles. The van der Waals surface area contributed by atoms with E-state index in [-0.39, 0.29) is 11.9 Å². The Labute approximate surface area is 89.5 Å². The van der Waals surface area contributed by atoms with Crippen molar-refractivity contribution >= 4 is 19.7 Å². The van der Waals surface area contributed by atoms with Crippen molar-refractivity contribution in [2.45, 2.75) is 31.8 Å². The van der Waals surface area contributed by atoms with Gasteiger partial charge in [0.05, 0.1) is 11.9 Å². The van der Waals surface area contributed by atoms with Crippen molar-refractivity contribution in [3.05, 3.63) is 12.2 Å². The number of rotatable bonds is 4. The third-order valence-corrected chi connectivity index (χ3v) is 3.25. The summed E-state index contributed by atoms with van der Waals surface area (Å²) in [6.07, 6.45) is 3.96. The molecule has 1 saturated heterocycles. The molecule has 1 aliphatic heterocycles. The van der Waals surface area contributed by atoms with Crippen LogP contribution >= 0.6 is 10.7 Å². The van der Waals surface area contributed by atoms with Gasteiger partial charge in [-0.05, 0) is 25.7 Å². The predicted molar refractivity (Wildman–Crippen MR) is 57.0 cm³/mol. The van der Waals surface area contributed by atoms with Gasteiger partial charge >= 0.3 is 0 Å². The van der Waals surface area contributed by atoms with Crippen LogP contribution in [0.15, 0.2) is 12.2 Å². The van der Waals surface area contributed by atoms with Gasteiger partial charge < -0.3 is 4.74 Å². The molecule has 0 N–H and O–H groups in total. The fraction of sp³-hybridized carbons (Fsp3) is 0.778. The molecular formula is C9H15ClO3S. The van der Waals surface area contributed by atoms with E-state index in [0.29, 0.717) is 12.0 Å². The van der Waals surface area contributed by atoms with Gasteiger partial charge in [0.25, 0.3) is 0 Å². The Morgan fingerprint density at radius 2 is 2.21 bits per heavy atom. The number of halogens is 1. The lowest BCUT2D eigenvalue weighted by Crippen LogP contribution is -2.20. The van der Waals surface area contributed by atoms with Crippen molar-refractivity contribution in [3.63, 3.8) is 0 Å². The summed E-state index contributed by atoms with van der Waals surface area (Å²) in [5.41, 5.74) is 0.631. The molecule has 1 aliphatic rings. The third-order valence-electron chi connectivity index (χ3n) is 2.17. The molecule has 1 atom stereocenters. The lowest BCUT2D eigenvalue weighted by Gasteiger charge is -2.22. The van der Waals surface area contributed by atoms with Crippen LogP contribution in [0.25, 0.3) is 0 Å². The quantitative estimate of drug-likeness (QED) is 0.556. The lowest BCUT2D eigenvalue weighted by atomic mass is 10.0. The molecule has 0 radical (unpaired) electrons. The SMILES string of the molecule is C=C(CC1CCCCO1)CS(=O)(=O)Cl. The first-order valence-corrected chi connectivity index (χ1v) is 7.16. The van der Waals surface area contributed by atoms with Gasteiger partial charge in [0.15, 0.2) is 0 Å². The highest BCUT2D eigenvalue weighted by Crippen LogP contribution is 2.19. The summed E-state index contributed by atoms with van der Waals surface area (Å²) in [6.45, 7) is 4.46.